The number of carbonyl (C=O) groups is 1. The van der Waals surface area contributed by atoms with Crippen LogP contribution in [0.4, 0.5) is 14.6 Å². The lowest BCUT2D eigenvalue weighted by molar-refractivity contribution is 0.0438. The number of benzene rings is 2. The fourth-order valence-electron chi connectivity index (χ4n) is 5.96. The summed E-state index contributed by atoms with van der Waals surface area (Å²) in [5, 5.41) is 5.41. The van der Waals surface area contributed by atoms with E-state index in [0.717, 1.165) is 55.6 Å². The number of fused-ring (bicyclic) bond motifs is 3. The standard InChI is InChI=1S/C31H29F2N7O2/c1-17-10-28(42-30-23(32)4-3-5-24(30)33)35-13-27(17)40-31(34)21(12-36-40)29(41)26-11-20-22-16-39(19-14-38(2)15-19)9-8-18(22)6-7-25(20)37-26/h3-7,10-13,19,37H,8-9,14-16,34H2,1-2H3. The molecule has 2 aliphatic heterocycles. The van der Waals surface area contributed by atoms with Crippen molar-refractivity contribution in [2.24, 2.45) is 0 Å². The lowest BCUT2D eigenvalue weighted by Gasteiger charge is -2.45. The van der Waals surface area contributed by atoms with Gasteiger partial charge in [0, 0.05) is 49.2 Å². The maximum atomic E-state index is 14.0. The second-order valence-electron chi connectivity index (χ2n) is 11.1. The van der Waals surface area contributed by atoms with Crippen LogP contribution < -0.4 is 10.5 Å². The number of H-pyrrole nitrogens is 1. The van der Waals surface area contributed by atoms with Gasteiger partial charge in [0.1, 0.15) is 5.82 Å². The molecule has 9 nitrogen and oxygen atoms in total. The van der Waals surface area contributed by atoms with Crippen LogP contribution in [0.25, 0.3) is 16.6 Å². The number of ether oxygens (including phenoxy) is 1. The van der Waals surface area contributed by atoms with Gasteiger partial charge in [0.15, 0.2) is 11.6 Å². The molecule has 0 spiro atoms. The molecule has 0 amide bonds. The molecule has 0 bridgehead atoms. The Hall–Kier alpha value is -4.61. The number of likely N-dealkylation sites (tertiary alicyclic amines) is 1. The smallest absolute Gasteiger partial charge is 0.219 e. The zero-order valence-corrected chi connectivity index (χ0v) is 23.2. The molecule has 7 rings (SSSR count). The first-order chi connectivity index (χ1) is 20.3. The number of likely N-dealkylation sites (N-methyl/N-ethyl adjacent to an activating group) is 1. The van der Waals surface area contributed by atoms with Gasteiger partial charge in [0.2, 0.25) is 17.4 Å². The Morgan fingerprint density at radius 1 is 1.12 bits per heavy atom. The van der Waals surface area contributed by atoms with Crippen LogP contribution in [0.2, 0.25) is 0 Å². The number of nitrogens with two attached hydrogens (primary N) is 1. The molecule has 0 radical (unpaired) electrons. The van der Waals surface area contributed by atoms with Crippen molar-refractivity contribution in [3.05, 3.63) is 94.4 Å². The number of carbonyl (C=O) groups excluding carboxylic acids is 1. The SMILES string of the molecule is Cc1cc(Oc2c(F)cccc2F)ncc1-n1ncc(C(=O)c2cc3c4c(ccc3[nH]2)CCN(C2CN(C)C2)C4)c1N. The van der Waals surface area contributed by atoms with Crippen molar-refractivity contribution in [1.29, 1.82) is 0 Å². The van der Waals surface area contributed by atoms with Gasteiger partial charge in [0.05, 0.1) is 29.3 Å². The normalized spacial score (nSPS) is 16.0. The number of pyridine rings is 1. The molecular formula is C31H29F2N7O2. The third-order valence-electron chi connectivity index (χ3n) is 8.31. The molecule has 0 aliphatic carbocycles. The van der Waals surface area contributed by atoms with Crippen LogP contribution in [-0.2, 0) is 13.0 Å². The van der Waals surface area contributed by atoms with E-state index in [1.54, 1.807) is 6.92 Å². The fourth-order valence-corrected chi connectivity index (χ4v) is 5.96. The zero-order chi connectivity index (χ0) is 29.1. The Morgan fingerprint density at radius 2 is 1.90 bits per heavy atom. The highest BCUT2D eigenvalue weighted by Crippen LogP contribution is 2.32. The molecule has 3 aromatic heterocycles. The minimum Gasteiger partial charge on any atom is -0.433 e. The average Bonchev–Trinajstić information content (AvgIpc) is 3.57. The van der Waals surface area contributed by atoms with Crippen molar-refractivity contribution in [1.82, 2.24) is 29.5 Å². The summed E-state index contributed by atoms with van der Waals surface area (Å²) in [6, 6.07) is 11.7. The van der Waals surface area contributed by atoms with E-state index in [0.29, 0.717) is 23.0 Å². The summed E-state index contributed by atoms with van der Waals surface area (Å²) >= 11 is 0. The van der Waals surface area contributed by atoms with Crippen molar-refractivity contribution in [3.8, 4) is 17.3 Å². The summed E-state index contributed by atoms with van der Waals surface area (Å²) in [6.07, 6.45) is 3.86. The number of aromatic amines is 1. The predicted octanol–water partition coefficient (Wildman–Crippen LogP) is 4.61. The van der Waals surface area contributed by atoms with Crippen molar-refractivity contribution >= 4 is 22.5 Å². The highest BCUT2D eigenvalue weighted by atomic mass is 19.1. The molecule has 42 heavy (non-hydrogen) atoms. The van der Waals surface area contributed by atoms with Gasteiger partial charge >= 0.3 is 0 Å². The number of hydrogen-bond acceptors (Lipinski definition) is 7. The average molecular weight is 570 g/mol. The van der Waals surface area contributed by atoms with Crippen LogP contribution in [0.15, 0.2) is 54.9 Å². The molecule has 2 aliphatic rings. The first-order valence-electron chi connectivity index (χ1n) is 13.8. The van der Waals surface area contributed by atoms with E-state index < -0.39 is 17.4 Å². The number of rotatable bonds is 6. The third kappa shape index (κ3) is 4.41. The molecule has 0 unspecified atom stereocenters. The van der Waals surface area contributed by atoms with Crippen molar-refractivity contribution < 1.29 is 18.3 Å². The molecular weight excluding hydrogens is 540 g/mol. The van der Waals surface area contributed by atoms with Crippen molar-refractivity contribution in [2.75, 3.05) is 32.4 Å². The summed E-state index contributed by atoms with van der Waals surface area (Å²) < 4.78 is 34.8. The second-order valence-corrected chi connectivity index (χ2v) is 11.1. The van der Waals surface area contributed by atoms with Crippen LogP contribution in [-0.4, -0.2) is 68.1 Å². The number of nitrogens with one attached hydrogen (secondary N) is 1. The summed E-state index contributed by atoms with van der Waals surface area (Å²) in [5.74, 6) is -2.31. The number of ketones is 1. The minimum absolute atomic E-state index is 0.00609. The molecule has 3 N–H and O–H groups in total. The lowest BCUT2D eigenvalue weighted by Crippen LogP contribution is -2.58. The Bertz CT molecular complexity index is 1840. The van der Waals surface area contributed by atoms with E-state index in [-0.39, 0.29) is 23.0 Å². The summed E-state index contributed by atoms with van der Waals surface area (Å²) in [4.78, 5) is 26.0. The first-order valence-corrected chi connectivity index (χ1v) is 13.8. The van der Waals surface area contributed by atoms with Gasteiger partial charge in [-0.3, -0.25) is 9.69 Å². The third-order valence-corrected chi connectivity index (χ3v) is 8.31. The minimum atomic E-state index is -0.834. The maximum absolute atomic E-state index is 14.0. The number of aryl methyl sites for hydroxylation is 1. The van der Waals surface area contributed by atoms with E-state index in [4.69, 9.17) is 10.5 Å². The van der Waals surface area contributed by atoms with E-state index in [2.05, 4.69) is 38.0 Å². The molecule has 1 saturated heterocycles. The van der Waals surface area contributed by atoms with Gasteiger partial charge in [-0.25, -0.2) is 18.4 Å². The second kappa shape index (κ2) is 10.0. The number of nitrogens with zero attached hydrogens (tertiary/aromatic N) is 5. The number of hydrogen-bond donors (Lipinski definition) is 2. The molecule has 0 saturated carbocycles. The highest BCUT2D eigenvalue weighted by Gasteiger charge is 2.32. The van der Waals surface area contributed by atoms with E-state index >= 15 is 0 Å². The summed E-state index contributed by atoms with van der Waals surface area (Å²) in [5.41, 5.74) is 11.8. The van der Waals surface area contributed by atoms with E-state index in [1.807, 2.05) is 12.1 Å². The lowest BCUT2D eigenvalue weighted by atomic mass is 9.94. The zero-order valence-electron chi connectivity index (χ0n) is 23.2. The van der Waals surface area contributed by atoms with Gasteiger partial charge in [-0.15, -0.1) is 0 Å². The van der Waals surface area contributed by atoms with Crippen LogP contribution in [0.1, 0.15) is 32.7 Å². The van der Waals surface area contributed by atoms with Gasteiger partial charge in [-0.1, -0.05) is 12.1 Å². The first kappa shape index (κ1) is 26.3. The van der Waals surface area contributed by atoms with Crippen molar-refractivity contribution in [2.45, 2.75) is 25.9 Å². The highest BCUT2D eigenvalue weighted by molar-refractivity contribution is 6.12. The van der Waals surface area contributed by atoms with E-state index in [1.165, 1.54) is 40.3 Å². The Balaban J connectivity index is 1.15. The topological polar surface area (TPSA) is 105 Å². The van der Waals surface area contributed by atoms with Crippen LogP contribution in [0.5, 0.6) is 11.6 Å². The molecule has 1 fully saturated rings. The molecule has 5 aromatic rings. The van der Waals surface area contributed by atoms with Crippen molar-refractivity contribution in [3.63, 3.8) is 0 Å². The molecule has 0 atom stereocenters. The Morgan fingerprint density at radius 3 is 2.64 bits per heavy atom. The maximum Gasteiger partial charge on any atom is 0.219 e. The quantitative estimate of drug-likeness (QED) is 0.288. The van der Waals surface area contributed by atoms with Gasteiger partial charge in [-0.2, -0.15) is 5.10 Å². The number of nitrogen functional groups attached to an aromatic ring is 1. The number of para-hydroxylation sites is 1. The fraction of sp³-hybridized carbons (Fsp3) is 0.258. The number of aromatic nitrogens is 4. The van der Waals surface area contributed by atoms with Gasteiger partial charge in [0.25, 0.3) is 0 Å². The van der Waals surface area contributed by atoms with Gasteiger partial charge in [-0.05, 0) is 61.3 Å². The molecule has 2 aromatic carbocycles. The Labute approximate surface area is 240 Å². The number of halogens is 2. The Kier molecular flexibility index (Phi) is 6.28. The predicted molar refractivity (Wildman–Crippen MR) is 154 cm³/mol. The van der Waals surface area contributed by atoms with E-state index in [9.17, 15) is 13.6 Å². The van der Waals surface area contributed by atoms with Gasteiger partial charge < -0.3 is 20.4 Å². The van der Waals surface area contributed by atoms with Crippen LogP contribution >= 0.6 is 0 Å². The van der Waals surface area contributed by atoms with Crippen LogP contribution in [0.3, 0.4) is 0 Å². The summed E-state index contributed by atoms with van der Waals surface area (Å²) in [6.45, 7) is 5.84. The molecule has 5 heterocycles. The molecule has 214 valence electrons. The number of anilines is 1. The largest absolute Gasteiger partial charge is 0.433 e. The monoisotopic (exact) mass is 569 g/mol. The summed E-state index contributed by atoms with van der Waals surface area (Å²) in [7, 11) is 2.14. The molecule has 11 heteroatoms. The van der Waals surface area contributed by atoms with Crippen LogP contribution in [0, 0.1) is 18.6 Å².